The maximum atomic E-state index is 6.21. The predicted molar refractivity (Wildman–Crippen MR) is 180 cm³/mol. The van der Waals surface area contributed by atoms with Gasteiger partial charge < -0.3 is 4.42 Å². The molecule has 0 aliphatic rings. The number of benzene rings is 6. The number of aromatic nitrogens is 4. The van der Waals surface area contributed by atoms with Crippen molar-refractivity contribution in [2.24, 2.45) is 0 Å². The van der Waals surface area contributed by atoms with E-state index < -0.39 is 0 Å². The van der Waals surface area contributed by atoms with E-state index >= 15 is 0 Å². The molecular weight excluding hydrogens is 561 g/mol. The van der Waals surface area contributed by atoms with Crippen LogP contribution in [-0.4, -0.2) is 19.9 Å². The van der Waals surface area contributed by atoms with Crippen LogP contribution in [0.1, 0.15) is 0 Å². The number of rotatable bonds is 4. The van der Waals surface area contributed by atoms with Crippen molar-refractivity contribution in [1.82, 2.24) is 19.9 Å². The molecule has 0 atom stereocenters. The summed E-state index contributed by atoms with van der Waals surface area (Å²) in [5.74, 6) is 1.84. The van der Waals surface area contributed by atoms with Crippen LogP contribution in [0.2, 0.25) is 0 Å². The van der Waals surface area contributed by atoms with Crippen molar-refractivity contribution in [2.45, 2.75) is 0 Å². The normalized spacial score (nSPS) is 11.6. The molecule has 0 spiro atoms. The second kappa shape index (κ2) is 9.93. The Morgan fingerprint density at radius 1 is 0.455 bits per heavy atom. The number of hydrogen-bond acceptors (Lipinski definition) is 6. The van der Waals surface area contributed by atoms with Crippen molar-refractivity contribution < 1.29 is 4.42 Å². The van der Waals surface area contributed by atoms with Crippen molar-refractivity contribution in [3.05, 3.63) is 133 Å². The number of fused-ring (bicyclic) bond motifs is 6. The topological polar surface area (TPSA) is 64.7 Å². The smallest absolute Gasteiger partial charge is 0.164 e. The second-order valence-electron chi connectivity index (χ2n) is 10.7. The average molecular weight is 583 g/mol. The van der Waals surface area contributed by atoms with Gasteiger partial charge in [0.05, 0.1) is 10.2 Å². The third-order valence-corrected chi connectivity index (χ3v) is 9.11. The van der Waals surface area contributed by atoms with E-state index in [1.54, 1.807) is 11.3 Å². The Morgan fingerprint density at radius 2 is 1.09 bits per heavy atom. The Balaban J connectivity index is 1.33. The Morgan fingerprint density at radius 3 is 1.89 bits per heavy atom. The summed E-state index contributed by atoms with van der Waals surface area (Å²) >= 11 is 1.70. The molecule has 5 nitrogen and oxygen atoms in total. The lowest BCUT2D eigenvalue weighted by molar-refractivity contribution is 0.669. The van der Waals surface area contributed by atoms with Gasteiger partial charge in [-0.05, 0) is 23.6 Å². The molecule has 6 heteroatoms. The summed E-state index contributed by atoms with van der Waals surface area (Å²) in [5, 5.41) is 5.22. The first kappa shape index (κ1) is 24.8. The van der Waals surface area contributed by atoms with E-state index in [9.17, 15) is 0 Å². The van der Waals surface area contributed by atoms with Gasteiger partial charge in [0.2, 0.25) is 0 Å². The molecule has 9 aromatic rings. The fourth-order valence-corrected chi connectivity index (χ4v) is 7.08. The maximum Gasteiger partial charge on any atom is 0.164 e. The summed E-state index contributed by atoms with van der Waals surface area (Å²) in [6, 6.07) is 45.1. The van der Waals surface area contributed by atoms with Gasteiger partial charge in [0.1, 0.15) is 16.2 Å². The van der Waals surface area contributed by atoms with Crippen molar-refractivity contribution >= 4 is 54.3 Å². The molecule has 0 unspecified atom stereocenters. The summed E-state index contributed by atoms with van der Waals surface area (Å²) in [7, 11) is 0. The van der Waals surface area contributed by atoms with Crippen LogP contribution in [-0.2, 0) is 0 Å². The molecule has 6 aromatic carbocycles. The van der Waals surface area contributed by atoms with Crippen molar-refractivity contribution in [3.8, 4) is 44.7 Å². The molecule has 206 valence electrons. The molecule has 0 N–H and O–H groups in total. The molecule has 3 aromatic heterocycles. The molecule has 9 rings (SSSR count). The minimum atomic E-state index is 0.601. The van der Waals surface area contributed by atoms with Gasteiger partial charge in [0, 0.05) is 38.4 Å². The quantitative estimate of drug-likeness (QED) is 0.207. The van der Waals surface area contributed by atoms with E-state index in [2.05, 4.69) is 54.6 Å². The summed E-state index contributed by atoms with van der Waals surface area (Å²) in [4.78, 5) is 20.3. The highest BCUT2D eigenvalue weighted by molar-refractivity contribution is 7.22. The number of nitrogens with zero attached hydrogens (tertiary/aromatic N) is 4. The van der Waals surface area contributed by atoms with Crippen LogP contribution in [0, 0.1) is 0 Å². The zero-order valence-corrected chi connectivity index (χ0v) is 24.1. The van der Waals surface area contributed by atoms with Gasteiger partial charge in [0.15, 0.2) is 17.5 Å². The van der Waals surface area contributed by atoms with Gasteiger partial charge in [-0.2, -0.15) is 0 Å². The van der Waals surface area contributed by atoms with Gasteiger partial charge >= 0.3 is 0 Å². The molecule has 0 saturated heterocycles. The van der Waals surface area contributed by atoms with E-state index in [4.69, 9.17) is 24.4 Å². The zero-order valence-electron chi connectivity index (χ0n) is 23.3. The largest absolute Gasteiger partial charge is 0.456 e. The first-order valence-corrected chi connectivity index (χ1v) is 15.2. The molecule has 44 heavy (non-hydrogen) atoms. The molecule has 3 heterocycles. The third-order valence-electron chi connectivity index (χ3n) is 7.97. The van der Waals surface area contributed by atoms with Crippen molar-refractivity contribution in [3.63, 3.8) is 0 Å². The number of furan rings is 1. The molecule has 0 fully saturated rings. The summed E-state index contributed by atoms with van der Waals surface area (Å²) in [6.45, 7) is 0. The maximum absolute atomic E-state index is 6.21. The van der Waals surface area contributed by atoms with Gasteiger partial charge in [0.25, 0.3) is 0 Å². The van der Waals surface area contributed by atoms with E-state index in [1.165, 1.54) is 0 Å². The van der Waals surface area contributed by atoms with Crippen LogP contribution >= 0.6 is 11.3 Å². The summed E-state index contributed by atoms with van der Waals surface area (Å²) in [6.07, 6.45) is 0. The van der Waals surface area contributed by atoms with E-state index in [-0.39, 0.29) is 0 Å². The first-order valence-electron chi connectivity index (χ1n) is 14.4. The first-order chi connectivity index (χ1) is 21.8. The standard InChI is InChI=1S/C38H22N4OS/c1-3-11-24(12-4-1)35-40-36(42-37(41-35)28-18-10-20-31-33(28)26-16-7-8-19-30(26)43-31)27-17-9-15-23-21-22-29-34(32(23)27)44-38(39-29)25-13-5-2-6-14-25/h1-22H. The molecule has 0 aliphatic carbocycles. The highest BCUT2D eigenvalue weighted by Gasteiger charge is 2.20. The molecule has 0 radical (unpaired) electrons. The number of thiazole rings is 1. The minimum absolute atomic E-state index is 0.601. The lowest BCUT2D eigenvalue weighted by Gasteiger charge is -2.11. The van der Waals surface area contributed by atoms with Crippen LogP contribution in [0.15, 0.2) is 138 Å². The lowest BCUT2D eigenvalue weighted by atomic mass is 10.0. The van der Waals surface area contributed by atoms with E-state index in [0.717, 1.165) is 70.2 Å². The van der Waals surface area contributed by atoms with Crippen LogP contribution < -0.4 is 0 Å². The molecule has 0 bridgehead atoms. The molecular formula is C38H22N4OS. The highest BCUT2D eigenvalue weighted by Crippen LogP contribution is 2.40. The summed E-state index contributed by atoms with van der Waals surface area (Å²) < 4.78 is 7.33. The lowest BCUT2D eigenvalue weighted by Crippen LogP contribution is -2.00. The van der Waals surface area contributed by atoms with Gasteiger partial charge in [-0.3, -0.25) is 0 Å². The van der Waals surface area contributed by atoms with Crippen LogP contribution in [0.4, 0.5) is 0 Å². The Hall–Kier alpha value is -5.72. The fraction of sp³-hybridized carbons (Fsp3) is 0. The van der Waals surface area contributed by atoms with Crippen LogP contribution in [0.25, 0.3) is 87.7 Å². The summed E-state index contributed by atoms with van der Waals surface area (Å²) in [5.41, 5.74) is 6.48. The fourth-order valence-electron chi connectivity index (χ4n) is 5.94. The van der Waals surface area contributed by atoms with Crippen molar-refractivity contribution in [2.75, 3.05) is 0 Å². The van der Waals surface area contributed by atoms with Crippen LogP contribution in [0.5, 0.6) is 0 Å². The van der Waals surface area contributed by atoms with Gasteiger partial charge in [-0.1, -0.05) is 115 Å². The number of hydrogen-bond donors (Lipinski definition) is 0. The SMILES string of the molecule is c1ccc(-c2nc(-c3cccc4oc5ccccc5c34)nc(-c3cccc4ccc5nc(-c6ccccc6)sc5c34)n2)cc1. The van der Waals surface area contributed by atoms with Gasteiger partial charge in [-0.15, -0.1) is 11.3 Å². The Bertz CT molecular complexity index is 2500. The predicted octanol–water partition coefficient (Wildman–Crippen LogP) is 10.2. The van der Waals surface area contributed by atoms with Crippen molar-refractivity contribution in [1.29, 1.82) is 0 Å². The van der Waals surface area contributed by atoms with Gasteiger partial charge in [-0.25, -0.2) is 19.9 Å². The molecule has 0 amide bonds. The molecule has 0 aliphatic heterocycles. The van der Waals surface area contributed by atoms with E-state index in [0.29, 0.717) is 17.5 Å². The third kappa shape index (κ3) is 4.00. The minimum Gasteiger partial charge on any atom is -0.456 e. The number of para-hydroxylation sites is 1. The monoisotopic (exact) mass is 582 g/mol. The van der Waals surface area contributed by atoms with Crippen LogP contribution in [0.3, 0.4) is 0 Å². The average Bonchev–Trinajstić information content (AvgIpc) is 3.71. The molecule has 0 saturated carbocycles. The second-order valence-corrected chi connectivity index (χ2v) is 11.7. The zero-order chi connectivity index (χ0) is 29.0. The Kier molecular flexibility index (Phi) is 5.61. The van der Waals surface area contributed by atoms with E-state index in [1.807, 2.05) is 78.9 Å². The Labute approximate surface area is 256 Å². The highest BCUT2D eigenvalue weighted by atomic mass is 32.1.